The molecule has 27 heavy (non-hydrogen) atoms. The molecule has 2 aromatic rings. The summed E-state index contributed by atoms with van der Waals surface area (Å²) in [6, 6.07) is 15.5. The van der Waals surface area contributed by atoms with Gasteiger partial charge in [0.05, 0.1) is 25.9 Å². The summed E-state index contributed by atoms with van der Waals surface area (Å²) in [6.45, 7) is 4.74. The molecule has 1 aliphatic rings. The molecule has 1 amide bonds. The lowest BCUT2D eigenvalue weighted by molar-refractivity contribution is 0.0856. The summed E-state index contributed by atoms with van der Waals surface area (Å²) in [5.74, 6) is 0.652. The predicted molar refractivity (Wildman–Crippen MR) is 104 cm³/mol. The standard InChI is InChI=1S/C22H27NO4/c1-2-26-21-11-10-18(22(24)23-14-20-9-6-12-27-20)13-19(21)16-25-15-17-7-4-3-5-8-17/h3-5,7-8,10-11,13,20H,2,6,9,12,14-16H2,1H3,(H,23,24)/t20-/m0/s1. The minimum atomic E-state index is -0.0992. The van der Waals surface area contributed by atoms with Crippen molar-refractivity contribution in [2.75, 3.05) is 19.8 Å². The average Bonchev–Trinajstić information content (AvgIpc) is 3.22. The molecule has 1 atom stereocenters. The molecule has 1 aliphatic heterocycles. The van der Waals surface area contributed by atoms with Gasteiger partial charge in [-0.25, -0.2) is 0 Å². The number of hydrogen-bond donors (Lipinski definition) is 1. The van der Waals surface area contributed by atoms with E-state index in [1.165, 1.54) is 0 Å². The van der Waals surface area contributed by atoms with E-state index in [4.69, 9.17) is 14.2 Å². The number of nitrogens with one attached hydrogen (secondary N) is 1. The van der Waals surface area contributed by atoms with Crippen LogP contribution in [0.4, 0.5) is 0 Å². The van der Waals surface area contributed by atoms with Crippen LogP contribution < -0.4 is 10.1 Å². The number of hydrogen-bond acceptors (Lipinski definition) is 4. The molecule has 0 aromatic heterocycles. The molecular weight excluding hydrogens is 342 g/mol. The zero-order valence-electron chi connectivity index (χ0n) is 15.8. The van der Waals surface area contributed by atoms with E-state index in [2.05, 4.69) is 5.32 Å². The van der Waals surface area contributed by atoms with E-state index in [-0.39, 0.29) is 12.0 Å². The largest absolute Gasteiger partial charge is 0.494 e. The van der Waals surface area contributed by atoms with Crippen LogP contribution in [0.5, 0.6) is 5.75 Å². The molecule has 5 heteroatoms. The number of carbonyl (C=O) groups excluding carboxylic acids is 1. The Morgan fingerprint density at radius 1 is 1.19 bits per heavy atom. The smallest absolute Gasteiger partial charge is 0.251 e. The number of amides is 1. The molecule has 1 heterocycles. The third kappa shape index (κ3) is 5.81. The van der Waals surface area contributed by atoms with Gasteiger partial charge in [-0.1, -0.05) is 30.3 Å². The third-order valence-electron chi connectivity index (χ3n) is 4.51. The summed E-state index contributed by atoms with van der Waals surface area (Å²) < 4.78 is 17.1. The van der Waals surface area contributed by atoms with Crippen molar-refractivity contribution >= 4 is 5.91 Å². The lowest BCUT2D eigenvalue weighted by atomic mass is 10.1. The Labute approximate surface area is 160 Å². The van der Waals surface area contributed by atoms with E-state index in [1.807, 2.05) is 49.4 Å². The SMILES string of the molecule is CCOc1ccc(C(=O)NC[C@@H]2CCCO2)cc1COCc1ccccc1. The fraction of sp³-hybridized carbons (Fsp3) is 0.409. The molecule has 0 spiro atoms. The van der Waals surface area contributed by atoms with E-state index >= 15 is 0 Å². The van der Waals surface area contributed by atoms with Crippen LogP contribution in [0.3, 0.4) is 0 Å². The molecule has 0 aliphatic carbocycles. The van der Waals surface area contributed by atoms with Crippen LogP contribution in [-0.4, -0.2) is 31.8 Å². The maximum Gasteiger partial charge on any atom is 0.251 e. The highest BCUT2D eigenvalue weighted by atomic mass is 16.5. The minimum absolute atomic E-state index is 0.0992. The van der Waals surface area contributed by atoms with Crippen molar-refractivity contribution in [1.82, 2.24) is 5.32 Å². The maximum atomic E-state index is 12.5. The van der Waals surface area contributed by atoms with Crippen molar-refractivity contribution in [3.05, 3.63) is 65.2 Å². The molecule has 1 fully saturated rings. The van der Waals surface area contributed by atoms with Crippen LogP contribution in [0.15, 0.2) is 48.5 Å². The molecule has 5 nitrogen and oxygen atoms in total. The Hall–Kier alpha value is -2.37. The van der Waals surface area contributed by atoms with E-state index in [0.717, 1.165) is 36.3 Å². The Morgan fingerprint density at radius 2 is 2.04 bits per heavy atom. The van der Waals surface area contributed by atoms with Gasteiger partial charge in [-0.2, -0.15) is 0 Å². The number of ether oxygens (including phenoxy) is 3. The van der Waals surface area contributed by atoms with Crippen molar-refractivity contribution < 1.29 is 19.0 Å². The van der Waals surface area contributed by atoms with E-state index in [0.29, 0.717) is 31.9 Å². The fourth-order valence-electron chi connectivity index (χ4n) is 3.10. The van der Waals surface area contributed by atoms with Gasteiger partial charge in [-0.15, -0.1) is 0 Å². The van der Waals surface area contributed by atoms with Gasteiger partial charge in [0, 0.05) is 24.3 Å². The van der Waals surface area contributed by atoms with Crippen molar-refractivity contribution in [3.63, 3.8) is 0 Å². The van der Waals surface area contributed by atoms with Gasteiger partial charge in [-0.05, 0) is 43.5 Å². The first kappa shape index (κ1) is 19.4. The summed E-state index contributed by atoms with van der Waals surface area (Å²) in [4.78, 5) is 12.5. The second-order valence-corrected chi connectivity index (χ2v) is 6.58. The Kier molecular flexibility index (Phi) is 7.25. The summed E-state index contributed by atoms with van der Waals surface area (Å²) in [5.41, 5.74) is 2.59. The van der Waals surface area contributed by atoms with Gasteiger partial charge in [-0.3, -0.25) is 4.79 Å². The van der Waals surface area contributed by atoms with Crippen LogP contribution in [-0.2, 0) is 22.7 Å². The predicted octanol–water partition coefficient (Wildman–Crippen LogP) is 3.71. The van der Waals surface area contributed by atoms with E-state index < -0.39 is 0 Å². The monoisotopic (exact) mass is 369 g/mol. The second kappa shape index (κ2) is 10.1. The number of benzene rings is 2. The van der Waals surface area contributed by atoms with Crippen LogP contribution >= 0.6 is 0 Å². The zero-order valence-corrected chi connectivity index (χ0v) is 15.8. The highest BCUT2D eigenvalue weighted by Crippen LogP contribution is 2.22. The van der Waals surface area contributed by atoms with Crippen molar-refractivity contribution in [2.45, 2.75) is 39.1 Å². The van der Waals surface area contributed by atoms with Gasteiger partial charge >= 0.3 is 0 Å². The maximum absolute atomic E-state index is 12.5. The molecule has 0 bridgehead atoms. The Morgan fingerprint density at radius 3 is 2.78 bits per heavy atom. The highest BCUT2D eigenvalue weighted by Gasteiger charge is 2.17. The molecule has 0 unspecified atom stereocenters. The zero-order chi connectivity index (χ0) is 18.9. The van der Waals surface area contributed by atoms with E-state index in [1.54, 1.807) is 6.07 Å². The van der Waals surface area contributed by atoms with Gasteiger partial charge in [0.1, 0.15) is 5.75 Å². The van der Waals surface area contributed by atoms with Crippen LogP contribution in [0.2, 0.25) is 0 Å². The molecule has 1 saturated heterocycles. The van der Waals surface area contributed by atoms with Crippen molar-refractivity contribution in [1.29, 1.82) is 0 Å². The minimum Gasteiger partial charge on any atom is -0.494 e. The quantitative estimate of drug-likeness (QED) is 0.732. The lowest BCUT2D eigenvalue weighted by Crippen LogP contribution is -2.31. The summed E-state index contributed by atoms with van der Waals surface area (Å²) in [7, 11) is 0. The van der Waals surface area contributed by atoms with Crippen molar-refractivity contribution in [3.8, 4) is 5.75 Å². The average molecular weight is 369 g/mol. The van der Waals surface area contributed by atoms with Gasteiger partial charge < -0.3 is 19.5 Å². The number of rotatable bonds is 9. The molecule has 2 aromatic carbocycles. The van der Waals surface area contributed by atoms with Crippen LogP contribution in [0.25, 0.3) is 0 Å². The first-order chi connectivity index (χ1) is 13.3. The van der Waals surface area contributed by atoms with Crippen LogP contribution in [0, 0.1) is 0 Å². The van der Waals surface area contributed by atoms with Gasteiger partial charge in [0.15, 0.2) is 0 Å². The van der Waals surface area contributed by atoms with Gasteiger partial charge in [0.25, 0.3) is 5.91 Å². The summed E-state index contributed by atoms with van der Waals surface area (Å²) in [5, 5.41) is 2.96. The summed E-state index contributed by atoms with van der Waals surface area (Å²) >= 11 is 0. The normalized spacial score (nSPS) is 16.3. The molecule has 0 saturated carbocycles. The molecular formula is C22H27NO4. The topological polar surface area (TPSA) is 56.8 Å². The van der Waals surface area contributed by atoms with Crippen molar-refractivity contribution in [2.24, 2.45) is 0 Å². The van der Waals surface area contributed by atoms with Gasteiger partial charge in [0.2, 0.25) is 0 Å². The van der Waals surface area contributed by atoms with Crippen LogP contribution in [0.1, 0.15) is 41.3 Å². The second-order valence-electron chi connectivity index (χ2n) is 6.58. The first-order valence-corrected chi connectivity index (χ1v) is 9.53. The molecule has 3 rings (SSSR count). The molecule has 0 radical (unpaired) electrons. The molecule has 1 N–H and O–H groups in total. The Bertz CT molecular complexity index is 726. The summed E-state index contributed by atoms with van der Waals surface area (Å²) in [6.07, 6.45) is 2.19. The fourth-order valence-corrected chi connectivity index (χ4v) is 3.10. The van der Waals surface area contributed by atoms with E-state index in [9.17, 15) is 4.79 Å². The first-order valence-electron chi connectivity index (χ1n) is 9.53. The molecule has 144 valence electrons. The lowest BCUT2D eigenvalue weighted by Gasteiger charge is -2.14. The third-order valence-corrected chi connectivity index (χ3v) is 4.51. The highest BCUT2D eigenvalue weighted by molar-refractivity contribution is 5.94. The Balaban J connectivity index is 1.61. The number of carbonyl (C=O) groups is 1.